The van der Waals surface area contributed by atoms with Crippen molar-refractivity contribution in [1.82, 2.24) is 15.3 Å². The van der Waals surface area contributed by atoms with E-state index in [1.807, 2.05) is 30.3 Å². The molecule has 0 unspecified atom stereocenters. The van der Waals surface area contributed by atoms with Crippen LogP contribution in [0.1, 0.15) is 16.7 Å². The number of anilines is 2. The lowest BCUT2D eigenvalue weighted by Crippen LogP contribution is -2.29. The van der Waals surface area contributed by atoms with Crippen LogP contribution in [0.5, 0.6) is 11.6 Å². The van der Waals surface area contributed by atoms with Gasteiger partial charge in [-0.1, -0.05) is 36.4 Å². The Balaban J connectivity index is 1.42. The molecule has 2 N–H and O–H groups in total. The Morgan fingerprint density at radius 2 is 1.70 bits per heavy atom. The standard InChI is InChI=1S/C22H23N5O2S/c1-28-18-9-7-15(8-10-18)12-23-22(30)26-21-24-19(11-20(25-21)29-2)27-13-16-5-3-4-6-17(16)14-27/h3-11H,12-14H2,1-2H3,(H2,23,24,25,26,30). The second kappa shape index (κ2) is 8.96. The van der Waals surface area contributed by atoms with E-state index < -0.39 is 0 Å². The average molecular weight is 422 g/mol. The third-order valence-electron chi connectivity index (χ3n) is 4.90. The highest BCUT2D eigenvalue weighted by Gasteiger charge is 2.21. The van der Waals surface area contributed by atoms with Crippen LogP contribution in [0.3, 0.4) is 0 Å². The van der Waals surface area contributed by atoms with Gasteiger partial charge in [0.25, 0.3) is 0 Å². The van der Waals surface area contributed by atoms with E-state index in [-0.39, 0.29) is 0 Å². The molecule has 0 saturated heterocycles. The molecule has 0 atom stereocenters. The van der Waals surface area contributed by atoms with Crippen molar-refractivity contribution in [2.75, 3.05) is 24.4 Å². The van der Waals surface area contributed by atoms with Crippen LogP contribution in [-0.4, -0.2) is 29.3 Å². The Morgan fingerprint density at radius 1 is 1.00 bits per heavy atom. The Hall–Kier alpha value is -3.39. The Bertz CT molecular complexity index is 1020. The van der Waals surface area contributed by atoms with Gasteiger partial charge in [0.05, 0.1) is 14.2 Å². The van der Waals surface area contributed by atoms with Crippen LogP contribution in [0.2, 0.25) is 0 Å². The van der Waals surface area contributed by atoms with Crippen LogP contribution in [0.4, 0.5) is 11.8 Å². The lowest BCUT2D eigenvalue weighted by Gasteiger charge is -2.18. The first-order valence-electron chi connectivity index (χ1n) is 9.57. The maximum absolute atomic E-state index is 5.42. The van der Waals surface area contributed by atoms with Crippen molar-refractivity contribution in [2.45, 2.75) is 19.6 Å². The first-order valence-corrected chi connectivity index (χ1v) is 9.98. The number of rotatable bonds is 6. The zero-order valence-electron chi connectivity index (χ0n) is 16.9. The lowest BCUT2D eigenvalue weighted by molar-refractivity contribution is 0.397. The minimum Gasteiger partial charge on any atom is -0.497 e. The SMILES string of the molecule is COc1ccc(CNC(=S)Nc2nc(OC)cc(N3Cc4ccccc4C3)n2)cc1. The summed E-state index contributed by atoms with van der Waals surface area (Å²) < 4.78 is 10.6. The Kier molecular flexibility index (Phi) is 5.94. The number of aromatic nitrogens is 2. The fraction of sp³-hybridized carbons (Fsp3) is 0.227. The number of thiocarbonyl (C=S) groups is 1. The Labute approximate surface area is 181 Å². The second-order valence-electron chi connectivity index (χ2n) is 6.87. The molecular weight excluding hydrogens is 398 g/mol. The summed E-state index contributed by atoms with van der Waals surface area (Å²) in [5, 5.41) is 6.67. The van der Waals surface area contributed by atoms with Crippen molar-refractivity contribution in [3.63, 3.8) is 0 Å². The van der Waals surface area contributed by atoms with Crippen LogP contribution in [0.25, 0.3) is 0 Å². The molecule has 0 amide bonds. The van der Waals surface area contributed by atoms with Crippen molar-refractivity contribution in [1.29, 1.82) is 0 Å². The molecule has 30 heavy (non-hydrogen) atoms. The quantitative estimate of drug-likeness (QED) is 0.586. The molecule has 0 aliphatic carbocycles. The number of nitrogens with one attached hydrogen (secondary N) is 2. The van der Waals surface area contributed by atoms with Crippen molar-refractivity contribution in [3.8, 4) is 11.6 Å². The highest BCUT2D eigenvalue weighted by molar-refractivity contribution is 7.80. The van der Waals surface area contributed by atoms with Crippen LogP contribution in [0, 0.1) is 0 Å². The average Bonchev–Trinajstić information content (AvgIpc) is 3.22. The third kappa shape index (κ3) is 4.60. The molecule has 0 spiro atoms. The van der Waals surface area contributed by atoms with Gasteiger partial charge in [0.1, 0.15) is 11.6 Å². The van der Waals surface area contributed by atoms with Gasteiger partial charge in [0.15, 0.2) is 5.11 Å². The maximum Gasteiger partial charge on any atom is 0.234 e. The number of methoxy groups -OCH3 is 2. The van der Waals surface area contributed by atoms with E-state index in [2.05, 4.69) is 49.8 Å². The number of hydrogen-bond acceptors (Lipinski definition) is 6. The molecule has 7 nitrogen and oxygen atoms in total. The van der Waals surface area contributed by atoms with Crippen LogP contribution < -0.4 is 25.0 Å². The molecular formula is C22H23N5O2S. The number of benzene rings is 2. The highest BCUT2D eigenvalue weighted by atomic mass is 32.1. The number of nitrogens with zero attached hydrogens (tertiary/aromatic N) is 3. The van der Waals surface area contributed by atoms with Gasteiger partial charge in [-0.2, -0.15) is 9.97 Å². The molecule has 4 rings (SSSR count). The highest BCUT2D eigenvalue weighted by Crippen LogP contribution is 2.29. The van der Waals surface area contributed by atoms with E-state index in [9.17, 15) is 0 Å². The summed E-state index contributed by atoms with van der Waals surface area (Å²) in [5.41, 5.74) is 3.70. The molecule has 2 aromatic carbocycles. The number of ether oxygens (including phenoxy) is 2. The van der Waals surface area contributed by atoms with Crippen molar-refractivity contribution in [3.05, 3.63) is 71.3 Å². The van der Waals surface area contributed by atoms with Crippen LogP contribution in [0.15, 0.2) is 54.6 Å². The van der Waals surface area contributed by atoms with Crippen LogP contribution in [-0.2, 0) is 19.6 Å². The lowest BCUT2D eigenvalue weighted by atomic mass is 10.1. The summed E-state index contributed by atoms with van der Waals surface area (Å²) in [7, 11) is 3.24. The molecule has 1 aliphatic heterocycles. The normalized spacial score (nSPS) is 12.3. The summed E-state index contributed by atoms with van der Waals surface area (Å²) >= 11 is 5.42. The van der Waals surface area contributed by atoms with Gasteiger partial charge in [0.2, 0.25) is 11.8 Å². The predicted molar refractivity (Wildman–Crippen MR) is 121 cm³/mol. The smallest absolute Gasteiger partial charge is 0.234 e. The molecule has 3 aromatic rings. The maximum atomic E-state index is 5.42. The third-order valence-corrected chi connectivity index (χ3v) is 5.15. The van der Waals surface area contributed by atoms with Gasteiger partial charge >= 0.3 is 0 Å². The van der Waals surface area contributed by atoms with Crippen LogP contribution >= 0.6 is 12.2 Å². The molecule has 1 aliphatic rings. The van der Waals surface area contributed by atoms with E-state index in [1.54, 1.807) is 14.2 Å². The first kappa shape index (κ1) is 19.9. The summed E-state index contributed by atoms with van der Waals surface area (Å²) in [4.78, 5) is 11.2. The topological polar surface area (TPSA) is 71.5 Å². The zero-order chi connectivity index (χ0) is 20.9. The van der Waals surface area contributed by atoms with E-state index in [0.29, 0.717) is 23.5 Å². The first-order chi connectivity index (χ1) is 14.6. The fourth-order valence-electron chi connectivity index (χ4n) is 3.30. The summed E-state index contributed by atoms with van der Waals surface area (Å²) in [6.45, 7) is 2.18. The molecule has 0 fully saturated rings. The largest absolute Gasteiger partial charge is 0.497 e. The van der Waals surface area contributed by atoms with Gasteiger partial charge in [-0.05, 0) is 41.0 Å². The molecule has 1 aromatic heterocycles. The van der Waals surface area contributed by atoms with E-state index in [1.165, 1.54) is 11.1 Å². The molecule has 154 valence electrons. The molecule has 8 heteroatoms. The van der Waals surface area contributed by atoms with E-state index in [4.69, 9.17) is 21.7 Å². The summed E-state index contributed by atoms with van der Waals surface area (Å²) in [6, 6.07) is 18.0. The monoisotopic (exact) mass is 421 g/mol. The van der Waals surface area contributed by atoms with E-state index >= 15 is 0 Å². The van der Waals surface area contributed by atoms with Crippen molar-refractivity contribution >= 4 is 29.1 Å². The van der Waals surface area contributed by atoms with Gasteiger partial charge in [-0.15, -0.1) is 0 Å². The molecule has 0 bridgehead atoms. The van der Waals surface area contributed by atoms with Crippen molar-refractivity contribution in [2.24, 2.45) is 0 Å². The molecule has 2 heterocycles. The van der Waals surface area contributed by atoms with Crippen molar-refractivity contribution < 1.29 is 9.47 Å². The number of fused-ring (bicyclic) bond motifs is 1. The second-order valence-corrected chi connectivity index (χ2v) is 7.28. The van der Waals surface area contributed by atoms with Gasteiger partial charge in [-0.3, -0.25) is 0 Å². The minimum absolute atomic E-state index is 0.396. The summed E-state index contributed by atoms with van der Waals surface area (Å²) in [6.07, 6.45) is 0. The molecule has 0 saturated carbocycles. The minimum atomic E-state index is 0.396. The number of hydrogen-bond donors (Lipinski definition) is 2. The Morgan fingerprint density at radius 3 is 2.33 bits per heavy atom. The predicted octanol–water partition coefficient (Wildman–Crippen LogP) is 3.50. The zero-order valence-corrected chi connectivity index (χ0v) is 17.7. The fourth-order valence-corrected chi connectivity index (χ4v) is 3.47. The van der Waals surface area contributed by atoms with E-state index in [0.717, 1.165) is 30.2 Å². The van der Waals surface area contributed by atoms with Gasteiger partial charge in [0, 0.05) is 25.7 Å². The molecule has 0 radical (unpaired) electrons. The van der Waals surface area contributed by atoms with Gasteiger partial charge in [-0.25, -0.2) is 0 Å². The van der Waals surface area contributed by atoms with Gasteiger partial charge < -0.3 is 25.0 Å². The summed E-state index contributed by atoms with van der Waals surface area (Å²) in [5.74, 6) is 2.49.